The number of rotatable bonds is 4. The van der Waals surface area contributed by atoms with Gasteiger partial charge in [0.1, 0.15) is 6.54 Å². The first kappa shape index (κ1) is 18.7. The zero-order valence-electron chi connectivity index (χ0n) is 12.7. The molecule has 0 radical (unpaired) electrons. The summed E-state index contributed by atoms with van der Waals surface area (Å²) in [6.07, 6.45) is -4.64. The van der Waals surface area contributed by atoms with Gasteiger partial charge in [0.15, 0.2) is 0 Å². The first-order valence-corrected chi connectivity index (χ1v) is 7.28. The van der Waals surface area contributed by atoms with Crippen molar-refractivity contribution >= 4 is 41.0 Å². The maximum Gasteiger partial charge on any atom is 0.416 e. The van der Waals surface area contributed by atoms with Gasteiger partial charge >= 0.3 is 24.0 Å². The molecule has 0 bridgehead atoms. The summed E-state index contributed by atoms with van der Waals surface area (Å²) in [5, 5.41) is 1.93. The summed E-state index contributed by atoms with van der Waals surface area (Å²) in [5.41, 5.74) is -1.37. The molecule has 2 rings (SSSR count). The highest BCUT2D eigenvalue weighted by Gasteiger charge is 2.44. The van der Waals surface area contributed by atoms with Crippen molar-refractivity contribution in [1.29, 1.82) is 0 Å². The fourth-order valence-electron chi connectivity index (χ4n) is 2.10. The van der Waals surface area contributed by atoms with Gasteiger partial charge < -0.3 is 5.32 Å². The fourth-order valence-corrected chi connectivity index (χ4v) is 2.26. The van der Waals surface area contributed by atoms with Crippen molar-refractivity contribution in [2.75, 3.05) is 18.4 Å². The van der Waals surface area contributed by atoms with Gasteiger partial charge in [-0.1, -0.05) is 11.6 Å². The van der Waals surface area contributed by atoms with Crippen LogP contribution in [0.15, 0.2) is 18.2 Å². The topological polar surface area (TPSA) is 86.8 Å². The van der Waals surface area contributed by atoms with Crippen LogP contribution < -0.4 is 5.32 Å². The molecular weight excluding hydrogens is 367 g/mol. The second-order valence-electron chi connectivity index (χ2n) is 4.96. The molecule has 1 aromatic rings. The van der Waals surface area contributed by atoms with Gasteiger partial charge in [0.2, 0.25) is 5.91 Å². The van der Waals surface area contributed by atoms with Crippen LogP contribution >= 0.6 is 11.6 Å². The maximum absolute atomic E-state index is 12.7. The quantitative estimate of drug-likeness (QED) is 0.643. The number of anilines is 1. The van der Waals surface area contributed by atoms with E-state index in [1.807, 2.05) is 0 Å². The van der Waals surface area contributed by atoms with Crippen LogP contribution in [-0.2, 0) is 20.6 Å². The van der Waals surface area contributed by atoms with Crippen molar-refractivity contribution in [3.8, 4) is 0 Å². The van der Waals surface area contributed by atoms with Crippen molar-refractivity contribution < 1.29 is 32.3 Å². The lowest BCUT2D eigenvalue weighted by atomic mass is 10.2. The number of carbonyl (C=O) groups excluding carboxylic acids is 4. The number of nitrogens with one attached hydrogen (secondary N) is 1. The normalized spacial score (nSPS) is 15.2. The van der Waals surface area contributed by atoms with E-state index in [1.54, 1.807) is 0 Å². The van der Waals surface area contributed by atoms with Gasteiger partial charge in [0.05, 0.1) is 16.3 Å². The van der Waals surface area contributed by atoms with Gasteiger partial charge in [0, 0.05) is 6.54 Å². The molecule has 0 atom stereocenters. The van der Waals surface area contributed by atoms with Crippen molar-refractivity contribution in [1.82, 2.24) is 9.80 Å². The maximum atomic E-state index is 12.7. The number of hydrogen-bond acceptors (Lipinski definition) is 4. The summed E-state index contributed by atoms with van der Waals surface area (Å²) in [7, 11) is 0. The van der Waals surface area contributed by atoms with Crippen LogP contribution in [0.4, 0.5) is 23.7 Å². The monoisotopic (exact) mass is 377 g/mol. The van der Waals surface area contributed by atoms with Crippen LogP contribution in [0.5, 0.6) is 0 Å². The number of urea groups is 1. The SMILES string of the molecule is CCN1C(=O)C(=O)N(CC(=O)Nc2cc(C(F)(F)F)ccc2Cl)C1=O. The van der Waals surface area contributed by atoms with Crippen molar-refractivity contribution in [3.63, 3.8) is 0 Å². The summed E-state index contributed by atoms with van der Waals surface area (Å²) in [6.45, 7) is 0.586. The number of carbonyl (C=O) groups is 4. The van der Waals surface area contributed by atoms with Gasteiger partial charge in [-0.15, -0.1) is 0 Å². The van der Waals surface area contributed by atoms with Crippen LogP contribution in [0, 0.1) is 0 Å². The van der Waals surface area contributed by atoms with E-state index in [-0.39, 0.29) is 17.3 Å². The van der Waals surface area contributed by atoms with E-state index < -0.39 is 42.0 Å². The predicted molar refractivity (Wildman–Crippen MR) is 79.6 cm³/mol. The van der Waals surface area contributed by atoms with Gasteiger partial charge in [-0.25, -0.2) is 9.69 Å². The van der Waals surface area contributed by atoms with Crippen LogP contribution in [-0.4, -0.2) is 46.6 Å². The molecular formula is C14H11ClF3N3O4. The zero-order valence-corrected chi connectivity index (χ0v) is 13.4. The molecule has 0 spiro atoms. The molecule has 0 unspecified atom stereocenters. The third-order valence-electron chi connectivity index (χ3n) is 3.32. The van der Waals surface area contributed by atoms with Crippen molar-refractivity contribution in [3.05, 3.63) is 28.8 Å². The Morgan fingerprint density at radius 1 is 1.16 bits per heavy atom. The molecule has 0 aromatic heterocycles. The molecule has 11 heteroatoms. The van der Waals surface area contributed by atoms with Gasteiger partial charge in [-0.3, -0.25) is 19.3 Å². The van der Waals surface area contributed by atoms with Crippen LogP contribution in [0.1, 0.15) is 12.5 Å². The molecule has 1 N–H and O–H groups in total. The molecule has 1 heterocycles. The largest absolute Gasteiger partial charge is 0.416 e. The molecule has 7 nitrogen and oxygen atoms in total. The summed E-state index contributed by atoms with van der Waals surface area (Å²) < 4.78 is 38.1. The van der Waals surface area contributed by atoms with Gasteiger partial charge in [-0.2, -0.15) is 13.2 Å². The molecule has 0 saturated carbocycles. The third-order valence-corrected chi connectivity index (χ3v) is 3.65. The first-order valence-electron chi connectivity index (χ1n) is 6.90. The lowest BCUT2D eigenvalue weighted by molar-refractivity contribution is -0.143. The minimum Gasteiger partial charge on any atom is -0.323 e. The third kappa shape index (κ3) is 3.73. The highest BCUT2D eigenvalue weighted by molar-refractivity contribution is 6.45. The fraction of sp³-hybridized carbons (Fsp3) is 0.286. The molecule has 1 saturated heterocycles. The number of alkyl halides is 3. The average Bonchev–Trinajstić information content (AvgIpc) is 2.72. The van der Waals surface area contributed by atoms with E-state index >= 15 is 0 Å². The number of benzene rings is 1. The summed E-state index contributed by atoms with van der Waals surface area (Å²) in [4.78, 5) is 48.1. The van der Waals surface area contributed by atoms with E-state index in [9.17, 15) is 32.3 Å². The first-order chi connectivity index (χ1) is 11.6. The van der Waals surface area contributed by atoms with Crippen LogP contribution in [0.25, 0.3) is 0 Å². The zero-order chi connectivity index (χ0) is 18.9. The molecule has 1 aliphatic rings. The Bertz CT molecular complexity index is 766. The second kappa shape index (κ2) is 6.71. The average molecular weight is 378 g/mol. The Labute approximate surface area is 144 Å². The minimum atomic E-state index is -4.64. The molecule has 134 valence electrons. The number of likely N-dealkylation sites (N-methyl/N-ethyl adjacent to an activating group) is 1. The Balaban J connectivity index is 2.15. The number of hydrogen-bond donors (Lipinski definition) is 1. The minimum absolute atomic E-state index is 0.0546. The molecule has 1 fully saturated rings. The Hall–Kier alpha value is -2.62. The van der Waals surface area contributed by atoms with E-state index in [0.717, 1.165) is 12.1 Å². The van der Waals surface area contributed by atoms with Gasteiger partial charge in [-0.05, 0) is 25.1 Å². The molecule has 1 aromatic carbocycles. The van der Waals surface area contributed by atoms with Crippen LogP contribution in [0.3, 0.4) is 0 Å². The number of nitrogens with zero attached hydrogens (tertiary/aromatic N) is 2. The van der Waals surface area contributed by atoms with E-state index in [2.05, 4.69) is 5.32 Å². The van der Waals surface area contributed by atoms with Crippen molar-refractivity contribution in [2.45, 2.75) is 13.1 Å². The lowest BCUT2D eigenvalue weighted by Crippen LogP contribution is -2.39. The van der Waals surface area contributed by atoms with Crippen LogP contribution in [0.2, 0.25) is 5.02 Å². The predicted octanol–water partition coefficient (Wildman–Crippen LogP) is 2.11. The van der Waals surface area contributed by atoms with E-state index in [0.29, 0.717) is 15.9 Å². The lowest BCUT2D eigenvalue weighted by Gasteiger charge is -2.15. The van der Waals surface area contributed by atoms with Crippen molar-refractivity contribution in [2.24, 2.45) is 0 Å². The standard InChI is InChI=1S/C14H11ClF3N3O4/c1-2-20-11(23)12(24)21(13(20)25)6-10(22)19-9-5-7(14(16,17)18)3-4-8(9)15/h3-5H,2,6H2,1H3,(H,19,22). The Morgan fingerprint density at radius 2 is 1.76 bits per heavy atom. The Kier molecular flexibility index (Phi) is 5.02. The second-order valence-corrected chi connectivity index (χ2v) is 5.37. The molecule has 1 aliphatic heterocycles. The van der Waals surface area contributed by atoms with Gasteiger partial charge in [0.25, 0.3) is 0 Å². The summed E-state index contributed by atoms with van der Waals surface area (Å²) in [6, 6.07) is 1.35. The highest BCUT2D eigenvalue weighted by atomic mass is 35.5. The number of halogens is 4. The number of imide groups is 2. The smallest absolute Gasteiger partial charge is 0.323 e. The number of amides is 5. The highest BCUT2D eigenvalue weighted by Crippen LogP contribution is 2.33. The molecule has 5 amide bonds. The molecule has 25 heavy (non-hydrogen) atoms. The summed E-state index contributed by atoms with van der Waals surface area (Å²) in [5.74, 6) is -3.23. The van der Waals surface area contributed by atoms with E-state index in [4.69, 9.17) is 11.6 Å². The Morgan fingerprint density at radius 3 is 2.28 bits per heavy atom. The molecule has 0 aliphatic carbocycles. The van der Waals surface area contributed by atoms with E-state index in [1.165, 1.54) is 6.92 Å². The summed E-state index contributed by atoms with van der Waals surface area (Å²) >= 11 is 5.74.